The van der Waals surface area contributed by atoms with Gasteiger partial charge in [0.05, 0.1) is 30.0 Å². The van der Waals surface area contributed by atoms with Crippen LogP contribution >= 0.6 is 11.8 Å². The fraction of sp³-hybridized carbons (Fsp3) is 0.350. The average Bonchev–Trinajstić information content (AvgIpc) is 2.73. The van der Waals surface area contributed by atoms with Gasteiger partial charge in [0, 0.05) is 36.7 Å². The van der Waals surface area contributed by atoms with Crippen LogP contribution in [0.15, 0.2) is 36.5 Å². The van der Waals surface area contributed by atoms with Crippen LogP contribution in [-0.2, 0) is 6.61 Å². The number of carbonyl (C=O) groups is 2. The molecule has 2 heterocycles. The number of phenols is 1. The fourth-order valence-electron chi connectivity index (χ4n) is 3.16. The fourth-order valence-corrected chi connectivity index (χ4v) is 4.27. The summed E-state index contributed by atoms with van der Waals surface area (Å²) in [5.41, 5.74) is 0.909. The van der Waals surface area contributed by atoms with Crippen molar-refractivity contribution in [3.63, 3.8) is 0 Å². The normalized spacial score (nSPS) is 16.6. The van der Waals surface area contributed by atoms with E-state index in [4.69, 9.17) is 4.74 Å². The summed E-state index contributed by atoms with van der Waals surface area (Å²) >= 11 is 1.78. The SMILES string of the molecule is O=Cc1c(O)cccc1OCC[C@@H]1CSCCN1C(=O)c1cccnc1CO. The highest BCUT2D eigenvalue weighted by Gasteiger charge is 2.29. The first-order valence-electron chi connectivity index (χ1n) is 8.99. The van der Waals surface area contributed by atoms with E-state index in [1.807, 2.05) is 0 Å². The standard InChI is InChI=1S/C20H22N2O5S/c23-11-16-18(25)4-1-5-19(16)27-9-6-14-13-28-10-8-22(14)20(26)15-3-2-7-21-17(15)12-24/h1-5,7,11,14,24-25H,6,8-10,12-13H2/t14-/m1/s1. The topological polar surface area (TPSA) is 100.0 Å². The Bertz CT molecular complexity index is 845. The van der Waals surface area contributed by atoms with Crippen LogP contribution in [0.5, 0.6) is 11.5 Å². The van der Waals surface area contributed by atoms with Gasteiger partial charge in [-0.25, -0.2) is 0 Å². The van der Waals surface area contributed by atoms with E-state index in [-0.39, 0.29) is 29.9 Å². The van der Waals surface area contributed by atoms with Crippen molar-refractivity contribution in [1.29, 1.82) is 0 Å². The maximum Gasteiger partial charge on any atom is 0.256 e. The molecule has 1 atom stereocenters. The molecule has 1 fully saturated rings. The average molecular weight is 402 g/mol. The molecule has 3 rings (SSSR count). The molecule has 0 aliphatic carbocycles. The number of rotatable bonds is 7. The van der Waals surface area contributed by atoms with E-state index in [0.29, 0.717) is 42.9 Å². The Morgan fingerprint density at radius 2 is 2.21 bits per heavy atom. The van der Waals surface area contributed by atoms with E-state index < -0.39 is 0 Å². The third-order valence-electron chi connectivity index (χ3n) is 4.63. The number of aliphatic hydroxyl groups is 1. The van der Waals surface area contributed by atoms with Crippen LogP contribution in [0.1, 0.15) is 32.8 Å². The predicted molar refractivity (Wildman–Crippen MR) is 106 cm³/mol. The number of thioether (sulfide) groups is 1. The lowest BCUT2D eigenvalue weighted by Gasteiger charge is -2.35. The third kappa shape index (κ3) is 4.45. The highest BCUT2D eigenvalue weighted by atomic mass is 32.2. The van der Waals surface area contributed by atoms with Crippen LogP contribution in [0.2, 0.25) is 0 Å². The summed E-state index contributed by atoms with van der Waals surface area (Å²) in [5.74, 6) is 1.69. The van der Waals surface area contributed by atoms with E-state index in [9.17, 15) is 19.8 Å². The van der Waals surface area contributed by atoms with Crippen LogP contribution in [0.25, 0.3) is 0 Å². The number of pyridine rings is 1. The van der Waals surface area contributed by atoms with Gasteiger partial charge in [0.2, 0.25) is 0 Å². The van der Waals surface area contributed by atoms with Gasteiger partial charge in [-0.15, -0.1) is 0 Å². The van der Waals surface area contributed by atoms with Gasteiger partial charge in [-0.3, -0.25) is 14.6 Å². The Balaban J connectivity index is 1.68. The molecule has 0 unspecified atom stereocenters. The summed E-state index contributed by atoms with van der Waals surface area (Å²) < 4.78 is 5.70. The zero-order valence-corrected chi connectivity index (χ0v) is 16.1. The first-order valence-corrected chi connectivity index (χ1v) is 10.1. The number of aromatic nitrogens is 1. The molecule has 0 saturated carbocycles. The van der Waals surface area contributed by atoms with Gasteiger partial charge in [0.25, 0.3) is 5.91 Å². The molecule has 1 aliphatic rings. The number of benzene rings is 1. The second-order valence-corrected chi connectivity index (χ2v) is 7.48. The van der Waals surface area contributed by atoms with Crippen molar-refractivity contribution in [2.45, 2.75) is 19.1 Å². The van der Waals surface area contributed by atoms with Crippen LogP contribution in [0.3, 0.4) is 0 Å². The number of aromatic hydroxyl groups is 1. The van der Waals surface area contributed by atoms with Crippen molar-refractivity contribution in [1.82, 2.24) is 9.88 Å². The Labute approximate surface area is 167 Å². The first kappa shape index (κ1) is 20.2. The minimum atomic E-state index is -0.287. The summed E-state index contributed by atoms with van der Waals surface area (Å²) in [5, 5.41) is 19.2. The molecule has 0 radical (unpaired) electrons. The molecule has 0 spiro atoms. The summed E-state index contributed by atoms with van der Waals surface area (Å²) in [6, 6.07) is 8.01. The summed E-state index contributed by atoms with van der Waals surface area (Å²) in [6.45, 7) is 0.628. The lowest BCUT2D eigenvalue weighted by Crippen LogP contribution is -2.47. The van der Waals surface area contributed by atoms with Gasteiger partial charge in [-0.2, -0.15) is 11.8 Å². The van der Waals surface area contributed by atoms with Crippen molar-refractivity contribution in [2.24, 2.45) is 0 Å². The zero-order valence-electron chi connectivity index (χ0n) is 15.3. The van der Waals surface area contributed by atoms with Gasteiger partial charge in [-0.05, 0) is 24.3 Å². The lowest BCUT2D eigenvalue weighted by atomic mass is 10.1. The van der Waals surface area contributed by atoms with Crippen molar-refractivity contribution < 1.29 is 24.5 Å². The van der Waals surface area contributed by atoms with Gasteiger partial charge in [-0.1, -0.05) is 6.07 Å². The molecule has 1 aromatic carbocycles. The molecule has 7 nitrogen and oxygen atoms in total. The third-order valence-corrected chi connectivity index (χ3v) is 5.72. The smallest absolute Gasteiger partial charge is 0.256 e. The van der Waals surface area contributed by atoms with Crippen molar-refractivity contribution >= 4 is 24.0 Å². The molecule has 1 aliphatic heterocycles. The summed E-state index contributed by atoms with van der Waals surface area (Å²) in [4.78, 5) is 30.1. The molecule has 1 saturated heterocycles. The number of aliphatic hydroxyl groups excluding tert-OH is 1. The van der Waals surface area contributed by atoms with Crippen LogP contribution in [0, 0.1) is 0 Å². The molecular weight excluding hydrogens is 380 g/mol. The molecule has 148 valence electrons. The number of amides is 1. The van der Waals surface area contributed by atoms with Crippen molar-refractivity contribution in [3.05, 3.63) is 53.3 Å². The Morgan fingerprint density at radius 1 is 1.36 bits per heavy atom. The van der Waals surface area contributed by atoms with Crippen molar-refractivity contribution in [2.75, 3.05) is 24.7 Å². The lowest BCUT2D eigenvalue weighted by molar-refractivity contribution is 0.0677. The Hall–Kier alpha value is -2.58. The molecule has 0 bridgehead atoms. The number of hydrogen-bond acceptors (Lipinski definition) is 7. The largest absolute Gasteiger partial charge is 0.507 e. The van der Waals surface area contributed by atoms with Gasteiger partial charge in [0.15, 0.2) is 6.29 Å². The molecular formula is C20H22N2O5S. The first-order chi connectivity index (χ1) is 13.7. The second kappa shape index (κ2) is 9.57. The van der Waals surface area contributed by atoms with Crippen LogP contribution < -0.4 is 4.74 Å². The Kier molecular flexibility index (Phi) is 6.89. The molecule has 1 aromatic heterocycles. The van der Waals surface area contributed by atoms with Crippen LogP contribution in [-0.4, -0.2) is 63.0 Å². The quantitative estimate of drug-likeness (QED) is 0.684. The molecule has 28 heavy (non-hydrogen) atoms. The molecule has 2 aromatic rings. The number of carbonyl (C=O) groups excluding carboxylic acids is 2. The van der Waals surface area contributed by atoms with E-state index in [2.05, 4.69) is 4.98 Å². The summed E-state index contributed by atoms with van der Waals surface area (Å²) in [6.07, 6.45) is 2.71. The minimum absolute atomic E-state index is 0.0324. The maximum absolute atomic E-state index is 13.0. The molecule has 1 amide bonds. The molecule has 2 N–H and O–H groups in total. The second-order valence-electron chi connectivity index (χ2n) is 6.33. The number of ether oxygens (including phenoxy) is 1. The highest BCUT2D eigenvalue weighted by molar-refractivity contribution is 7.99. The van der Waals surface area contributed by atoms with E-state index >= 15 is 0 Å². The number of nitrogens with zero attached hydrogens (tertiary/aromatic N) is 2. The van der Waals surface area contributed by atoms with Gasteiger partial charge in [0.1, 0.15) is 11.5 Å². The monoisotopic (exact) mass is 402 g/mol. The number of hydrogen-bond donors (Lipinski definition) is 2. The number of aldehydes is 1. The highest BCUT2D eigenvalue weighted by Crippen LogP contribution is 2.27. The Morgan fingerprint density at radius 3 is 3.00 bits per heavy atom. The maximum atomic E-state index is 13.0. The minimum Gasteiger partial charge on any atom is -0.507 e. The van der Waals surface area contributed by atoms with E-state index in [0.717, 1.165) is 11.5 Å². The molecule has 8 heteroatoms. The van der Waals surface area contributed by atoms with Crippen molar-refractivity contribution in [3.8, 4) is 11.5 Å². The summed E-state index contributed by atoms with van der Waals surface area (Å²) in [7, 11) is 0. The predicted octanol–water partition coefficient (Wildman–Crippen LogP) is 2.12. The zero-order chi connectivity index (χ0) is 19.9. The van der Waals surface area contributed by atoms with Gasteiger partial charge < -0.3 is 19.8 Å². The van der Waals surface area contributed by atoms with E-state index in [1.165, 1.54) is 6.07 Å². The van der Waals surface area contributed by atoms with Gasteiger partial charge >= 0.3 is 0 Å². The number of phenolic OH excluding ortho intramolecular Hbond substituents is 1. The van der Waals surface area contributed by atoms with E-state index in [1.54, 1.807) is 47.1 Å². The van der Waals surface area contributed by atoms with Crippen LogP contribution in [0.4, 0.5) is 0 Å².